The highest BCUT2D eigenvalue weighted by atomic mass is 16.5. The molecule has 0 fully saturated rings. The topological polar surface area (TPSA) is 67.4 Å². The first kappa shape index (κ1) is 23.1. The third-order valence-electron chi connectivity index (χ3n) is 5.31. The third-order valence-corrected chi connectivity index (χ3v) is 5.31. The largest absolute Gasteiger partial charge is 0.481 e. The lowest BCUT2D eigenvalue weighted by atomic mass is 10.1. The molecule has 0 saturated carbocycles. The second-order valence-corrected chi connectivity index (χ2v) is 7.75. The van der Waals surface area contributed by atoms with Crippen LogP contribution in [0.4, 0.5) is 5.69 Å². The number of rotatable bonds is 9. The van der Waals surface area contributed by atoms with Crippen LogP contribution < -0.4 is 15.4 Å². The number of carbonyl (C=O) groups excluding carboxylic acids is 2. The van der Waals surface area contributed by atoms with Gasteiger partial charge in [-0.15, -0.1) is 0 Å². The molecule has 0 bridgehead atoms. The molecule has 166 valence electrons. The van der Waals surface area contributed by atoms with Gasteiger partial charge in [0, 0.05) is 17.3 Å². The van der Waals surface area contributed by atoms with E-state index in [-0.39, 0.29) is 17.9 Å². The molecule has 0 saturated heterocycles. The normalized spacial score (nSPS) is 12.5. The Labute approximate surface area is 189 Å². The fraction of sp³-hybridized carbons (Fsp3) is 0.259. The molecule has 5 heteroatoms. The number of hydrogen-bond acceptors (Lipinski definition) is 3. The van der Waals surface area contributed by atoms with Gasteiger partial charge in [-0.2, -0.15) is 0 Å². The highest BCUT2D eigenvalue weighted by molar-refractivity contribution is 5.97. The van der Waals surface area contributed by atoms with Gasteiger partial charge in [0.15, 0.2) is 6.10 Å². The summed E-state index contributed by atoms with van der Waals surface area (Å²) in [6.45, 7) is 5.89. The van der Waals surface area contributed by atoms with Crippen molar-refractivity contribution in [3.8, 4) is 16.9 Å². The predicted molar refractivity (Wildman–Crippen MR) is 129 cm³/mol. The highest BCUT2D eigenvalue weighted by Crippen LogP contribution is 2.23. The minimum atomic E-state index is -0.619. The zero-order valence-electron chi connectivity index (χ0n) is 18.8. The van der Waals surface area contributed by atoms with Gasteiger partial charge in [0.2, 0.25) is 0 Å². The second-order valence-electron chi connectivity index (χ2n) is 7.75. The van der Waals surface area contributed by atoms with Gasteiger partial charge in [-0.05, 0) is 67.3 Å². The summed E-state index contributed by atoms with van der Waals surface area (Å²) in [6, 6.07) is 24.8. The molecule has 0 heterocycles. The van der Waals surface area contributed by atoms with Crippen molar-refractivity contribution < 1.29 is 14.3 Å². The first-order chi connectivity index (χ1) is 15.5. The van der Waals surface area contributed by atoms with Gasteiger partial charge in [0.1, 0.15) is 5.75 Å². The minimum absolute atomic E-state index is 0.117. The van der Waals surface area contributed by atoms with Crippen LogP contribution in [0.1, 0.15) is 44.0 Å². The fourth-order valence-corrected chi connectivity index (χ4v) is 3.18. The molecule has 0 aliphatic heterocycles. The molecule has 3 aromatic carbocycles. The summed E-state index contributed by atoms with van der Waals surface area (Å²) in [7, 11) is 0. The van der Waals surface area contributed by atoms with Crippen molar-refractivity contribution in [2.45, 2.75) is 45.8 Å². The van der Waals surface area contributed by atoms with E-state index in [2.05, 4.69) is 22.8 Å². The molecule has 0 aliphatic carbocycles. The second kappa shape index (κ2) is 11.1. The van der Waals surface area contributed by atoms with Gasteiger partial charge >= 0.3 is 0 Å². The zero-order valence-corrected chi connectivity index (χ0v) is 18.8. The van der Waals surface area contributed by atoms with E-state index >= 15 is 0 Å². The lowest BCUT2D eigenvalue weighted by Gasteiger charge is -2.18. The van der Waals surface area contributed by atoms with E-state index in [1.807, 2.05) is 63.2 Å². The van der Waals surface area contributed by atoms with Gasteiger partial charge in [0.25, 0.3) is 11.8 Å². The Hall–Kier alpha value is -3.60. The molecule has 0 aliphatic rings. The molecule has 32 heavy (non-hydrogen) atoms. The van der Waals surface area contributed by atoms with Gasteiger partial charge in [0.05, 0.1) is 0 Å². The van der Waals surface area contributed by atoms with Crippen molar-refractivity contribution in [1.29, 1.82) is 0 Å². The first-order valence-corrected chi connectivity index (χ1v) is 11.0. The van der Waals surface area contributed by atoms with E-state index in [1.165, 1.54) is 0 Å². The standard InChI is InChI=1S/C27H30N2O3/c1-4-19(3)28-26(30)22-11-15-23(16-12-22)29-27(31)25(5-2)32-24-17-13-21(14-18-24)20-9-7-6-8-10-20/h6-19,25H,4-5H2,1-3H3,(H,28,30)(H,29,31). The van der Waals surface area contributed by atoms with Crippen LogP contribution in [0.25, 0.3) is 11.1 Å². The van der Waals surface area contributed by atoms with E-state index in [0.29, 0.717) is 23.4 Å². The number of benzene rings is 3. The highest BCUT2D eigenvalue weighted by Gasteiger charge is 2.19. The number of ether oxygens (including phenoxy) is 1. The SMILES string of the molecule is CCC(C)NC(=O)c1ccc(NC(=O)C(CC)Oc2ccc(-c3ccccc3)cc2)cc1. The Kier molecular flexibility index (Phi) is 8.03. The quantitative estimate of drug-likeness (QED) is 0.459. The summed E-state index contributed by atoms with van der Waals surface area (Å²) >= 11 is 0. The summed E-state index contributed by atoms with van der Waals surface area (Å²) < 4.78 is 5.93. The smallest absolute Gasteiger partial charge is 0.265 e. The first-order valence-electron chi connectivity index (χ1n) is 11.0. The molecule has 2 atom stereocenters. The number of nitrogens with one attached hydrogen (secondary N) is 2. The Morgan fingerprint density at radius 2 is 1.44 bits per heavy atom. The van der Waals surface area contributed by atoms with Crippen LogP contribution in [-0.2, 0) is 4.79 Å². The maximum Gasteiger partial charge on any atom is 0.265 e. The molecule has 3 aromatic rings. The molecule has 0 aromatic heterocycles. The van der Waals surface area contributed by atoms with Crippen molar-refractivity contribution >= 4 is 17.5 Å². The molecule has 2 unspecified atom stereocenters. The summed E-state index contributed by atoms with van der Waals surface area (Å²) in [5.41, 5.74) is 3.40. The summed E-state index contributed by atoms with van der Waals surface area (Å²) in [5.74, 6) is 0.297. The number of carbonyl (C=O) groups is 2. The Morgan fingerprint density at radius 3 is 2.03 bits per heavy atom. The van der Waals surface area contributed by atoms with E-state index in [1.54, 1.807) is 24.3 Å². The zero-order chi connectivity index (χ0) is 22.9. The van der Waals surface area contributed by atoms with Crippen molar-refractivity contribution in [1.82, 2.24) is 5.32 Å². The van der Waals surface area contributed by atoms with Crippen LogP contribution >= 0.6 is 0 Å². The van der Waals surface area contributed by atoms with Crippen molar-refractivity contribution in [2.75, 3.05) is 5.32 Å². The molecule has 3 rings (SSSR count). The average molecular weight is 431 g/mol. The van der Waals surface area contributed by atoms with Crippen LogP contribution in [0.5, 0.6) is 5.75 Å². The van der Waals surface area contributed by atoms with Crippen molar-refractivity contribution in [3.05, 3.63) is 84.4 Å². The fourth-order valence-electron chi connectivity index (χ4n) is 3.18. The van der Waals surface area contributed by atoms with Gasteiger partial charge in [-0.3, -0.25) is 9.59 Å². The molecule has 2 N–H and O–H groups in total. The van der Waals surface area contributed by atoms with Crippen LogP contribution in [0.15, 0.2) is 78.9 Å². The maximum atomic E-state index is 12.7. The van der Waals surface area contributed by atoms with Crippen molar-refractivity contribution in [2.24, 2.45) is 0 Å². The monoisotopic (exact) mass is 430 g/mol. The van der Waals surface area contributed by atoms with E-state index in [0.717, 1.165) is 17.5 Å². The molecular weight excluding hydrogens is 400 g/mol. The molecular formula is C27H30N2O3. The van der Waals surface area contributed by atoms with Gasteiger partial charge in [-0.1, -0.05) is 56.3 Å². The molecule has 5 nitrogen and oxygen atoms in total. The summed E-state index contributed by atoms with van der Waals surface area (Å²) in [5, 5.41) is 5.80. The lowest BCUT2D eigenvalue weighted by molar-refractivity contribution is -0.122. The Morgan fingerprint density at radius 1 is 0.812 bits per heavy atom. The average Bonchev–Trinajstić information content (AvgIpc) is 2.83. The number of amides is 2. The van der Waals surface area contributed by atoms with E-state index < -0.39 is 6.10 Å². The molecule has 0 spiro atoms. The van der Waals surface area contributed by atoms with Gasteiger partial charge in [-0.25, -0.2) is 0 Å². The molecule has 2 amide bonds. The van der Waals surface area contributed by atoms with Crippen LogP contribution in [-0.4, -0.2) is 24.0 Å². The van der Waals surface area contributed by atoms with E-state index in [4.69, 9.17) is 4.74 Å². The Balaban J connectivity index is 1.59. The van der Waals surface area contributed by atoms with Crippen LogP contribution in [0, 0.1) is 0 Å². The number of anilines is 1. The van der Waals surface area contributed by atoms with Gasteiger partial charge < -0.3 is 15.4 Å². The Bertz CT molecular complexity index is 1020. The number of hydrogen-bond donors (Lipinski definition) is 2. The lowest BCUT2D eigenvalue weighted by Crippen LogP contribution is -2.32. The summed E-state index contributed by atoms with van der Waals surface area (Å²) in [6.07, 6.45) is 0.778. The minimum Gasteiger partial charge on any atom is -0.481 e. The van der Waals surface area contributed by atoms with Crippen LogP contribution in [0.3, 0.4) is 0 Å². The van der Waals surface area contributed by atoms with Crippen LogP contribution in [0.2, 0.25) is 0 Å². The predicted octanol–water partition coefficient (Wildman–Crippen LogP) is 5.68. The summed E-state index contributed by atoms with van der Waals surface area (Å²) in [4.78, 5) is 24.9. The maximum absolute atomic E-state index is 12.7. The molecule has 0 radical (unpaired) electrons. The third kappa shape index (κ3) is 6.20. The van der Waals surface area contributed by atoms with E-state index in [9.17, 15) is 9.59 Å². The van der Waals surface area contributed by atoms with Crippen molar-refractivity contribution in [3.63, 3.8) is 0 Å².